The summed E-state index contributed by atoms with van der Waals surface area (Å²) in [4.78, 5) is 42.0. The zero-order valence-corrected chi connectivity index (χ0v) is 28.2. The van der Waals surface area contributed by atoms with Crippen LogP contribution < -0.4 is 25.2 Å². The Kier molecular flexibility index (Phi) is 13.5. The number of benzene rings is 3. The van der Waals surface area contributed by atoms with Crippen LogP contribution in [-0.2, 0) is 9.59 Å². The quantitative estimate of drug-likeness (QED) is 0.112. The number of amidine groups is 2. The summed E-state index contributed by atoms with van der Waals surface area (Å²) in [7, 11) is 1.59. The maximum atomic E-state index is 12.0. The number of amides is 3. The number of methoxy groups -OCH3 is 1. The molecule has 0 aromatic heterocycles. The molecule has 0 bridgehead atoms. The molecule has 2 aliphatic rings. The highest BCUT2D eigenvalue weighted by atomic mass is 16.5. The third-order valence-corrected chi connectivity index (χ3v) is 7.29. The van der Waals surface area contributed by atoms with Gasteiger partial charge >= 0.3 is 0 Å². The lowest BCUT2D eigenvalue weighted by Crippen LogP contribution is -2.35. The number of fused-ring (bicyclic) bond motifs is 1. The van der Waals surface area contributed by atoms with Crippen LogP contribution in [0.15, 0.2) is 71.7 Å². The van der Waals surface area contributed by atoms with E-state index >= 15 is 0 Å². The van der Waals surface area contributed by atoms with Gasteiger partial charge in [-0.25, -0.2) is 0 Å². The zero-order chi connectivity index (χ0) is 36.2. The van der Waals surface area contributed by atoms with Crippen LogP contribution in [0.5, 0.6) is 11.5 Å². The fourth-order valence-corrected chi connectivity index (χ4v) is 5.00. The number of hydrogen-bond donors (Lipinski definition) is 7. The van der Waals surface area contributed by atoms with Crippen molar-refractivity contribution >= 4 is 46.5 Å². The highest BCUT2D eigenvalue weighted by Gasteiger charge is 2.38. The lowest BCUT2D eigenvalue weighted by Gasteiger charge is -2.24. The molecule has 0 saturated carbocycles. The predicted octanol–water partition coefficient (Wildman–Crippen LogP) is 2.68. The van der Waals surface area contributed by atoms with Crippen molar-refractivity contribution in [3.8, 4) is 11.5 Å². The van der Waals surface area contributed by atoms with Crippen LogP contribution in [0.1, 0.15) is 49.2 Å². The Balaban J connectivity index is 0.000000253. The van der Waals surface area contributed by atoms with Crippen molar-refractivity contribution in [1.82, 2.24) is 10.6 Å². The van der Waals surface area contributed by atoms with Gasteiger partial charge in [-0.3, -0.25) is 35.1 Å². The average molecular weight is 674 g/mol. The first-order valence-electron chi connectivity index (χ1n) is 15.7. The van der Waals surface area contributed by atoms with Crippen molar-refractivity contribution in [3.63, 3.8) is 0 Å². The number of benzodiazepines with no additional fused rings is 1. The lowest BCUT2D eigenvalue weighted by molar-refractivity contribution is -0.126. The number of hydrogen-bond acceptors (Lipinski definition) is 10. The van der Waals surface area contributed by atoms with Crippen LogP contribution in [0.4, 0.5) is 11.4 Å². The van der Waals surface area contributed by atoms with E-state index in [1.165, 1.54) is 17.9 Å². The third-order valence-electron chi connectivity index (χ3n) is 7.29. The fourth-order valence-electron chi connectivity index (χ4n) is 5.00. The van der Waals surface area contributed by atoms with Crippen LogP contribution >= 0.6 is 0 Å². The minimum absolute atomic E-state index is 0.0202. The first-order chi connectivity index (χ1) is 23.4. The molecule has 3 amide bonds. The number of phenols is 1. The molecule has 260 valence electrons. The van der Waals surface area contributed by atoms with Crippen molar-refractivity contribution in [3.05, 3.63) is 83.4 Å². The Morgan fingerprint density at radius 2 is 1.67 bits per heavy atom. The van der Waals surface area contributed by atoms with Crippen molar-refractivity contribution in [2.75, 3.05) is 43.1 Å². The van der Waals surface area contributed by atoms with Gasteiger partial charge in [0, 0.05) is 42.4 Å². The molecule has 5 rings (SSSR count). The molecular weight excluding hydrogens is 630 g/mol. The first-order valence-corrected chi connectivity index (χ1v) is 15.7. The summed E-state index contributed by atoms with van der Waals surface area (Å²) in [5.74, 6) is 0.243. The molecule has 0 spiro atoms. The monoisotopic (exact) mass is 673 g/mol. The minimum Gasteiger partial charge on any atom is -0.508 e. The second kappa shape index (κ2) is 17.5. The zero-order valence-electron chi connectivity index (χ0n) is 28.2. The smallest absolute Gasteiger partial charge is 0.258 e. The van der Waals surface area contributed by atoms with Crippen molar-refractivity contribution in [2.45, 2.75) is 39.9 Å². The molecule has 1 fully saturated rings. The van der Waals surface area contributed by atoms with E-state index in [0.717, 1.165) is 16.8 Å². The van der Waals surface area contributed by atoms with Crippen LogP contribution in [0.25, 0.3) is 0 Å². The van der Waals surface area contributed by atoms with Gasteiger partial charge in [0.1, 0.15) is 29.3 Å². The predicted molar refractivity (Wildman–Crippen MR) is 188 cm³/mol. The molecule has 3 aromatic rings. The number of phenolic OH excluding ortho intramolecular Hbond substituents is 1. The lowest BCUT2D eigenvalue weighted by atomic mass is 9.99. The van der Waals surface area contributed by atoms with Gasteiger partial charge in [-0.1, -0.05) is 19.9 Å². The van der Waals surface area contributed by atoms with Gasteiger partial charge in [-0.15, -0.1) is 0 Å². The Hall–Kier alpha value is -5.60. The van der Waals surface area contributed by atoms with E-state index in [2.05, 4.69) is 15.6 Å². The molecule has 3 aromatic carbocycles. The third kappa shape index (κ3) is 9.49. The van der Waals surface area contributed by atoms with Gasteiger partial charge in [0.05, 0.1) is 31.6 Å². The number of nitrogens with one attached hydrogen (secondary N) is 4. The average Bonchev–Trinajstić information content (AvgIpc) is 3.26. The van der Waals surface area contributed by atoms with E-state index in [1.54, 1.807) is 61.4 Å². The number of carbonyl (C=O) groups excluding carboxylic acids is 3. The molecule has 1 saturated heterocycles. The molecule has 2 atom stereocenters. The summed E-state index contributed by atoms with van der Waals surface area (Å²) in [6.07, 6.45) is -2.58. The van der Waals surface area contributed by atoms with Crippen LogP contribution in [-0.4, -0.2) is 95.9 Å². The van der Waals surface area contributed by atoms with Gasteiger partial charge in [-0.05, 0) is 67.6 Å². The molecule has 2 heterocycles. The summed E-state index contributed by atoms with van der Waals surface area (Å²) in [5.41, 5.74) is 3.82. The van der Waals surface area contributed by atoms with Crippen molar-refractivity contribution < 1.29 is 34.4 Å². The number of aliphatic hydroxyl groups is 2. The molecule has 14 heteroatoms. The Bertz CT molecular complexity index is 1710. The molecule has 14 nitrogen and oxygen atoms in total. The SMILES string of the molecule is CC.CC(=O)NCCNC(=O)c1cccc(N2CC(O)C(O)C2=O)c1.COc1ccc2c(c1)C(c1ccc(O)cc1)=NCC(=N)N2C(C)=N. The molecule has 7 N–H and O–H groups in total. The Morgan fingerprint density at radius 3 is 2.27 bits per heavy atom. The number of aromatic hydroxyl groups is 1. The van der Waals surface area contributed by atoms with Gasteiger partial charge < -0.3 is 35.6 Å². The van der Waals surface area contributed by atoms with E-state index in [-0.39, 0.29) is 48.9 Å². The molecule has 49 heavy (non-hydrogen) atoms. The largest absolute Gasteiger partial charge is 0.508 e. The van der Waals surface area contributed by atoms with Crippen LogP contribution in [0, 0.1) is 10.8 Å². The van der Waals surface area contributed by atoms with E-state index in [9.17, 15) is 29.7 Å². The number of aliphatic hydroxyl groups excluding tert-OH is 2. The summed E-state index contributed by atoms with van der Waals surface area (Å²) in [5, 5.41) is 50.0. The second-order valence-electron chi connectivity index (χ2n) is 10.7. The van der Waals surface area contributed by atoms with Crippen molar-refractivity contribution in [1.29, 1.82) is 10.8 Å². The normalized spacial score (nSPS) is 16.5. The number of carbonyl (C=O) groups is 3. The maximum absolute atomic E-state index is 12.0. The van der Waals surface area contributed by atoms with Crippen molar-refractivity contribution in [2.24, 2.45) is 4.99 Å². The van der Waals surface area contributed by atoms with Crippen LogP contribution in [0.3, 0.4) is 0 Å². The topological polar surface area (TPSA) is 212 Å². The standard InChI is InChI=1S/C18H18N4O2.C15H19N3O5.C2H6/c1-11(19)22-16-8-7-14(24-2)9-15(16)18(21-10-17(22)20)12-3-5-13(23)6-4-12;1-9(19)16-5-6-17-14(22)10-3-2-4-11(7-10)18-8-12(20)13(21)15(18)23;1-2/h3-9,19-20,23H,10H2,1-2H3;2-4,7,12-13,20-21H,5-6,8H2,1H3,(H,16,19)(H,17,22);1-2H3. The summed E-state index contributed by atoms with van der Waals surface area (Å²) >= 11 is 0. The van der Waals surface area contributed by atoms with E-state index in [1.807, 2.05) is 32.0 Å². The fraction of sp³-hybridized carbons (Fsp3) is 0.314. The second-order valence-corrected chi connectivity index (χ2v) is 10.7. The summed E-state index contributed by atoms with van der Waals surface area (Å²) < 4.78 is 5.33. The molecule has 0 radical (unpaired) electrons. The summed E-state index contributed by atoms with van der Waals surface area (Å²) in [6, 6.07) is 18.6. The number of aliphatic imine (C=N–C) groups is 1. The van der Waals surface area contributed by atoms with Gasteiger partial charge in [0.15, 0.2) is 6.10 Å². The molecule has 0 aliphatic carbocycles. The number of β-amino-alcohol motifs (C(OH)–C–C–N with tert-alkyl or cyclic N) is 1. The van der Waals surface area contributed by atoms with Gasteiger partial charge in [0.25, 0.3) is 11.8 Å². The molecular formula is C35H43N7O7. The molecule has 2 aliphatic heterocycles. The summed E-state index contributed by atoms with van der Waals surface area (Å²) in [6.45, 7) is 7.79. The Morgan fingerprint density at radius 1 is 1.00 bits per heavy atom. The highest BCUT2D eigenvalue weighted by molar-refractivity contribution is 6.26. The maximum Gasteiger partial charge on any atom is 0.258 e. The van der Waals surface area contributed by atoms with E-state index in [0.29, 0.717) is 29.3 Å². The number of nitrogens with zero attached hydrogens (tertiary/aromatic N) is 3. The van der Waals surface area contributed by atoms with E-state index < -0.39 is 18.1 Å². The number of anilines is 2. The van der Waals surface area contributed by atoms with Crippen LogP contribution in [0.2, 0.25) is 0 Å². The van der Waals surface area contributed by atoms with E-state index in [4.69, 9.17) is 15.6 Å². The number of rotatable bonds is 7. The van der Waals surface area contributed by atoms with Gasteiger partial charge in [-0.2, -0.15) is 0 Å². The minimum atomic E-state index is -1.44. The van der Waals surface area contributed by atoms with Gasteiger partial charge in [0.2, 0.25) is 5.91 Å². The Labute approximate surface area is 285 Å². The highest BCUT2D eigenvalue weighted by Crippen LogP contribution is 2.31. The molecule has 2 unspecified atom stereocenters. The number of ether oxygens (including phenoxy) is 1. The first kappa shape index (κ1) is 37.9.